The average molecular weight is 261 g/mol. The Hall–Kier alpha value is -1.99. The third kappa shape index (κ3) is 2.56. The summed E-state index contributed by atoms with van der Waals surface area (Å²) < 4.78 is 5.49. The van der Waals surface area contributed by atoms with Crippen LogP contribution in [0.4, 0.5) is 0 Å². The van der Waals surface area contributed by atoms with Crippen LogP contribution in [0.1, 0.15) is 17.6 Å². The Bertz CT molecular complexity index is 531. The molecule has 0 spiro atoms. The number of rotatable bonds is 3. The molecule has 0 amide bonds. The second-order valence-corrected chi connectivity index (χ2v) is 4.40. The summed E-state index contributed by atoms with van der Waals surface area (Å²) in [6.45, 7) is 2.55. The van der Waals surface area contributed by atoms with Crippen molar-refractivity contribution in [3.63, 3.8) is 0 Å². The van der Waals surface area contributed by atoms with E-state index in [-0.39, 0.29) is 11.8 Å². The fourth-order valence-corrected chi connectivity index (χ4v) is 2.20. The normalized spacial score (nSPS) is 20.5. The Kier molecular flexibility index (Phi) is 3.39. The molecule has 0 aliphatic carbocycles. The van der Waals surface area contributed by atoms with Gasteiger partial charge < -0.3 is 9.84 Å². The lowest BCUT2D eigenvalue weighted by Gasteiger charge is -2.33. The Labute approximate surface area is 110 Å². The van der Waals surface area contributed by atoms with Crippen molar-refractivity contribution in [3.8, 4) is 5.75 Å². The first kappa shape index (κ1) is 12.1. The highest BCUT2D eigenvalue weighted by Crippen LogP contribution is 2.24. The van der Waals surface area contributed by atoms with Gasteiger partial charge in [0.1, 0.15) is 17.9 Å². The topological polar surface area (TPSA) is 87.2 Å². The Morgan fingerprint density at radius 2 is 2.42 bits per heavy atom. The van der Waals surface area contributed by atoms with Crippen molar-refractivity contribution in [1.82, 2.24) is 25.1 Å². The van der Waals surface area contributed by atoms with Gasteiger partial charge in [0.15, 0.2) is 0 Å². The lowest BCUT2D eigenvalue weighted by Crippen LogP contribution is -2.39. The van der Waals surface area contributed by atoms with Crippen LogP contribution in [0, 0.1) is 0 Å². The Balaban J connectivity index is 1.80. The van der Waals surface area contributed by atoms with E-state index in [1.54, 1.807) is 18.3 Å². The van der Waals surface area contributed by atoms with Crippen molar-refractivity contribution in [2.75, 3.05) is 19.8 Å². The number of H-pyrrole nitrogens is 1. The van der Waals surface area contributed by atoms with Crippen molar-refractivity contribution in [3.05, 3.63) is 36.2 Å². The van der Waals surface area contributed by atoms with E-state index < -0.39 is 0 Å². The van der Waals surface area contributed by atoms with Gasteiger partial charge in [0.05, 0.1) is 24.9 Å². The van der Waals surface area contributed by atoms with Crippen molar-refractivity contribution in [2.45, 2.75) is 12.6 Å². The molecule has 1 fully saturated rings. The molecule has 0 radical (unpaired) electrons. The number of ether oxygens (including phenoxy) is 1. The maximum absolute atomic E-state index is 9.80. The van der Waals surface area contributed by atoms with Crippen LogP contribution >= 0.6 is 0 Å². The lowest BCUT2D eigenvalue weighted by molar-refractivity contribution is -0.0166. The number of morpholine rings is 1. The first-order chi connectivity index (χ1) is 9.34. The van der Waals surface area contributed by atoms with E-state index in [0.29, 0.717) is 25.5 Å². The van der Waals surface area contributed by atoms with Crippen LogP contribution in [0.15, 0.2) is 24.7 Å². The predicted molar refractivity (Wildman–Crippen MR) is 66.3 cm³/mol. The predicted octanol–water partition coefficient (Wildman–Crippen LogP) is 0.479. The lowest BCUT2D eigenvalue weighted by atomic mass is 10.2. The summed E-state index contributed by atoms with van der Waals surface area (Å²) in [6.07, 6.45) is 3.17. The number of hydrogen-bond donors (Lipinski definition) is 2. The molecule has 7 heteroatoms. The van der Waals surface area contributed by atoms with E-state index in [2.05, 4.69) is 25.1 Å². The first-order valence-corrected chi connectivity index (χ1v) is 6.14. The fourth-order valence-electron chi connectivity index (χ4n) is 2.20. The number of aromatic nitrogens is 4. The molecule has 0 aromatic carbocycles. The number of nitrogens with one attached hydrogen (secondary N) is 1. The molecule has 1 atom stereocenters. The van der Waals surface area contributed by atoms with Gasteiger partial charge in [0.2, 0.25) is 0 Å². The molecule has 1 aliphatic rings. The van der Waals surface area contributed by atoms with Gasteiger partial charge in [-0.05, 0) is 12.1 Å². The van der Waals surface area contributed by atoms with Crippen molar-refractivity contribution < 1.29 is 9.84 Å². The second-order valence-electron chi connectivity index (χ2n) is 4.40. The summed E-state index contributed by atoms with van der Waals surface area (Å²) in [4.78, 5) is 10.6. The minimum atomic E-state index is 0.0117. The number of hydrogen-bond acceptors (Lipinski definition) is 6. The van der Waals surface area contributed by atoms with Crippen molar-refractivity contribution in [1.29, 1.82) is 0 Å². The van der Waals surface area contributed by atoms with Gasteiger partial charge in [0, 0.05) is 19.3 Å². The molecular formula is C12H15N5O2. The highest BCUT2D eigenvalue weighted by atomic mass is 16.5. The van der Waals surface area contributed by atoms with Crippen LogP contribution < -0.4 is 0 Å². The van der Waals surface area contributed by atoms with Gasteiger partial charge in [-0.3, -0.25) is 15.0 Å². The number of nitrogens with zero attached hydrogens (tertiary/aromatic N) is 4. The summed E-state index contributed by atoms with van der Waals surface area (Å²) in [5, 5.41) is 16.5. The molecule has 2 aromatic rings. The SMILES string of the molecule is Oc1cccnc1CN1CCOC[C@H]1c1ncn[nH]1. The monoisotopic (exact) mass is 261 g/mol. The molecule has 0 saturated carbocycles. The van der Waals surface area contributed by atoms with Crippen molar-refractivity contribution in [2.24, 2.45) is 0 Å². The minimum Gasteiger partial charge on any atom is -0.506 e. The molecule has 1 saturated heterocycles. The minimum absolute atomic E-state index is 0.0117. The van der Waals surface area contributed by atoms with E-state index in [0.717, 1.165) is 12.4 Å². The van der Waals surface area contributed by atoms with E-state index in [1.165, 1.54) is 6.33 Å². The third-order valence-electron chi connectivity index (χ3n) is 3.21. The van der Waals surface area contributed by atoms with Crippen LogP contribution in [0.5, 0.6) is 5.75 Å². The molecule has 3 heterocycles. The van der Waals surface area contributed by atoms with E-state index in [1.807, 2.05) is 0 Å². The van der Waals surface area contributed by atoms with E-state index in [9.17, 15) is 5.11 Å². The van der Waals surface area contributed by atoms with Gasteiger partial charge in [-0.1, -0.05) is 0 Å². The molecule has 0 bridgehead atoms. The van der Waals surface area contributed by atoms with Crippen LogP contribution in [-0.4, -0.2) is 49.9 Å². The quantitative estimate of drug-likeness (QED) is 0.835. The fraction of sp³-hybridized carbons (Fsp3) is 0.417. The maximum atomic E-state index is 9.80. The van der Waals surface area contributed by atoms with Crippen LogP contribution in [0.25, 0.3) is 0 Å². The third-order valence-corrected chi connectivity index (χ3v) is 3.21. The molecule has 7 nitrogen and oxygen atoms in total. The molecular weight excluding hydrogens is 246 g/mol. The summed E-state index contributed by atoms with van der Waals surface area (Å²) in [6, 6.07) is 3.37. The molecule has 3 rings (SSSR count). The summed E-state index contributed by atoms with van der Waals surface area (Å²) in [7, 11) is 0. The second kappa shape index (κ2) is 5.33. The van der Waals surface area contributed by atoms with Gasteiger partial charge >= 0.3 is 0 Å². The smallest absolute Gasteiger partial charge is 0.143 e. The molecule has 1 aliphatic heterocycles. The zero-order valence-corrected chi connectivity index (χ0v) is 10.4. The zero-order chi connectivity index (χ0) is 13.1. The first-order valence-electron chi connectivity index (χ1n) is 6.14. The molecule has 0 unspecified atom stereocenters. The zero-order valence-electron chi connectivity index (χ0n) is 10.4. The standard InChI is InChI=1S/C12H15N5O2/c18-11-2-1-3-13-9(11)6-17-4-5-19-7-10(17)12-14-8-15-16-12/h1-3,8,10,18H,4-7H2,(H,14,15,16)/t10-/m0/s1. The summed E-state index contributed by atoms with van der Waals surface area (Å²) in [5.41, 5.74) is 0.661. The number of aromatic hydroxyl groups is 1. The Morgan fingerprint density at radius 1 is 1.47 bits per heavy atom. The van der Waals surface area contributed by atoms with Crippen LogP contribution in [0.3, 0.4) is 0 Å². The largest absolute Gasteiger partial charge is 0.506 e. The molecule has 19 heavy (non-hydrogen) atoms. The van der Waals surface area contributed by atoms with Gasteiger partial charge in [-0.25, -0.2) is 4.98 Å². The number of pyridine rings is 1. The summed E-state index contributed by atoms with van der Waals surface area (Å²) in [5.74, 6) is 0.987. The van der Waals surface area contributed by atoms with Crippen LogP contribution in [-0.2, 0) is 11.3 Å². The highest BCUT2D eigenvalue weighted by Gasteiger charge is 2.27. The molecule has 2 aromatic heterocycles. The van der Waals surface area contributed by atoms with E-state index in [4.69, 9.17) is 4.74 Å². The van der Waals surface area contributed by atoms with Gasteiger partial charge in [-0.15, -0.1) is 0 Å². The molecule has 2 N–H and O–H groups in total. The molecule has 100 valence electrons. The van der Waals surface area contributed by atoms with Gasteiger partial charge in [-0.2, -0.15) is 5.10 Å². The summed E-state index contributed by atoms with van der Waals surface area (Å²) >= 11 is 0. The van der Waals surface area contributed by atoms with E-state index >= 15 is 0 Å². The Morgan fingerprint density at radius 3 is 3.21 bits per heavy atom. The van der Waals surface area contributed by atoms with Gasteiger partial charge in [0.25, 0.3) is 0 Å². The number of aromatic amines is 1. The maximum Gasteiger partial charge on any atom is 0.143 e. The van der Waals surface area contributed by atoms with Crippen molar-refractivity contribution >= 4 is 0 Å². The average Bonchev–Trinajstić information content (AvgIpc) is 2.96. The highest BCUT2D eigenvalue weighted by molar-refractivity contribution is 5.25. The van der Waals surface area contributed by atoms with Crippen LogP contribution in [0.2, 0.25) is 0 Å².